The number of benzene rings is 1. The summed E-state index contributed by atoms with van der Waals surface area (Å²) >= 11 is 12.8. The van der Waals surface area contributed by atoms with Crippen LogP contribution < -0.4 is 0 Å². The lowest BCUT2D eigenvalue weighted by molar-refractivity contribution is 0.108. The Morgan fingerprint density at radius 3 is 2.80 bits per heavy atom. The number of carbonyl (C=O) groups is 1. The van der Waals surface area contributed by atoms with Crippen LogP contribution in [0.2, 0.25) is 10.0 Å². The lowest BCUT2D eigenvalue weighted by Crippen LogP contribution is -1.97. The molecule has 0 aliphatic rings. The average Bonchev–Trinajstić information content (AvgIpc) is 2.82. The van der Waals surface area contributed by atoms with Gasteiger partial charge in [-0.15, -0.1) is 10.2 Å². The normalized spacial score (nSPS) is 10.9. The van der Waals surface area contributed by atoms with E-state index in [0.717, 1.165) is 11.8 Å². The highest BCUT2D eigenvalue weighted by Gasteiger charge is 2.16. The summed E-state index contributed by atoms with van der Waals surface area (Å²) in [5.41, 5.74) is 1.08. The molecule has 2 heterocycles. The highest BCUT2D eigenvalue weighted by atomic mass is 35.5. The van der Waals surface area contributed by atoms with Gasteiger partial charge in [0.2, 0.25) is 10.3 Å². The number of hydrogen-bond acceptors (Lipinski definition) is 4. The minimum atomic E-state index is -0.204. The number of pyridine rings is 1. The molecular weight excluding hydrogens is 317 g/mol. The van der Waals surface area contributed by atoms with Crippen molar-refractivity contribution < 1.29 is 4.79 Å². The zero-order chi connectivity index (χ0) is 14.1. The summed E-state index contributed by atoms with van der Waals surface area (Å²) in [6.45, 7) is 0. The van der Waals surface area contributed by atoms with Crippen LogP contribution in [-0.2, 0) is 0 Å². The summed E-state index contributed by atoms with van der Waals surface area (Å²) in [5.74, 6) is 0. The molecule has 0 spiro atoms. The molecule has 1 aromatic carbocycles. The predicted octanol–water partition coefficient (Wildman–Crippen LogP) is 3.97. The van der Waals surface area contributed by atoms with Gasteiger partial charge in [-0.3, -0.25) is 9.20 Å². The number of thioether (sulfide) groups is 1. The molecule has 0 saturated heterocycles. The number of halogens is 2. The average molecular weight is 324 g/mol. The fourth-order valence-corrected chi connectivity index (χ4v) is 3.02. The standard InChI is InChI=1S/C13H7Cl2N3OS/c14-8-4-5-9(10(15)7-8)12(19)20-13-17-16-11-3-1-2-6-18(11)13/h1-7H. The molecule has 7 heteroatoms. The van der Waals surface area contributed by atoms with Gasteiger partial charge in [-0.1, -0.05) is 29.3 Å². The lowest BCUT2D eigenvalue weighted by atomic mass is 10.2. The van der Waals surface area contributed by atoms with Gasteiger partial charge in [0.05, 0.1) is 5.02 Å². The quantitative estimate of drug-likeness (QED) is 0.669. The van der Waals surface area contributed by atoms with Crippen molar-refractivity contribution in [3.8, 4) is 0 Å². The van der Waals surface area contributed by atoms with Crippen LogP contribution in [0.4, 0.5) is 0 Å². The molecule has 0 amide bonds. The third kappa shape index (κ3) is 2.52. The summed E-state index contributed by atoms with van der Waals surface area (Å²) in [6, 6.07) is 10.3. The van der Waals surface area contributed by atoms with Crippen molar-refractivity contribution in [2.45, 2.75) is 5.16 Å². The topological polar surface area (TPSA) is 47.3 Å². The zero-order valence-electron chi connectivity index (χ0n) is 9.96. The van der Waals surface area contributed by atoms with Gasteiger partial charge >= 0.3 is 0 Å². The Hall–Kier alpha value is -1.56. The van der Waals surface area contributed by atoms with Crippen molar-refractivity contribution in [3.05, 3.63) is 58.2 Å². The van der Waals surface area contributed by atoms with Crippen molar-refractivity contribution in [2.24, 2.45) is 0 Å². The number of nitrogens with zero attached hydrogens (tertiary/aromatic N) is 3. The SMILES string of the molecule is O=C(Sc1nnc2ccccn12)c1ccc(Cl)cc1Cl. The van der Waals surface area contributed by atoms with Crippen LogP contribution in [-0.4, -0.2) is 19.7 Å². The van der Waals surface area contributed by atoms with Crippen LogP contribution in [0.3, 0.4) is 0 Å². The van der Waals surface area contributed by atoms with Gasteiger partial charge < -0.3 is 0 Å². The van der Waals surface area contributed by atoms with Gasteiger partial charge in [0.25, 0.3) is 0 Å². The van der Waals surface area contributed by atoms with Crippen LogP contribution in [0.25, 0.3) is 5.65 Å². The van der Waals surface area contributed by atoms with Crippen LogP contribution in [0.1, 0.15) is 10.4 Å². The lowest BCUT2D eigenvalue weighted by Gasteiger charge is -2.02. The number of hydrogen-bond donors (Lipinski definition) is 0. The molecular formula is C13H7Cl2N3OS. The zero-order valence-corrected chi connectivity index (χ0v) is 12.3. The van der Waals surface area contributed by atoms with E-state index in [1.165, 1.54) is 0 Å². The van der Waals surface area contributed by atoms with E-state index in [2.05, 4.69) is 10.2 Å². The number of rotatable bonds is 2. The summed E-state index contributed by atoms with van der Waals surface area (Å²) in [4.78, 5) is 12.2. The molecule has 0 atom stereocenters. The minimum absolute atomic E-state index is 0.204. The Balaban J connectivity index is 1.92. The molecule has 3 aromatic rings. The smallest absolute Gasteiger partial charge is 0.228 e. The first kappa shape index (κ1) is 13.4. The van der Waals surface area contributed by atoms with Crippen molar-refractivity contribution >= 4 is 45.7 Å². The monoisotopic (exact) mass is 323 g/mol. The Labute approximate surface area is 128 Å². The van der Waals surface area contributed by atoms with Gasteiger partial charge in [0, 0.05) is 16.8 Å². The van der Waals surface area contributed by atoms with Crippen LogP contribution in [0.5, 0.6) is 0 Å². The van der Waals surface area contributed by atoms with Crippen LogP contribution >= 0.6 is 35.0 Å². The third-order valence-corrected chi connectivity index (χ3v) is 4.03. The van der Waals surface area contributed by atoms with E-state index in [1.807, 2.05) is 18.2 Å². The van der Waals surface area contributed by atoms with E-state index in [1.54, 1.807) is 28.8 Å². The van der Waals surface area contributed by atoms with E-state index >= 15 is 0 Å². The first-order chi connectivity index (χ1) is 9.65. The van der Waals surface area contributed by atoms with Gasteiger partial charge in [-0.05, 0) is 42.1 Å². The maximum atomic E-state index is 12.2. The maximum absolute atomic E-state index is 12.2. The minimum Gasteiger partial charge on any atom is -0.281 e. The summed E-state index contributed by atoms with van der Waals surface area (Å²) in [5, 5.41) is 9.09. The summed E-state index contributed by atoms with van der Waals surface area (Å²) in [7, 11) is 0. The predicted molar refractivity (Wildman–Crippen MR) is 79.6 cm³/mol. The fraction of sp³-hybridized carbons (Fsp3) is 0. The van der Waals surface area contributed by atoms with E-state index in [-0.39, 0.29) is 5.12 Å². The largest absolute Gasteiger partial charge is 0.281 e. The van der Waals surface area contributed by atoms with E-state index in [0.29, 0.717) is 26.4 Å². The molecule has 0 saturated carbocycles. The Morgan fingerprint density at radius 1 is 1.15 bits per heavy atom. The molecule has 20 heavy (non-hydrogen) atoms. The van der Waals surface area contributed by atoms with Gasteiger partial charge in [0.1, 0.15) is 0 Å². The highest BCUT2D eigenvalue weighted by molar-refractivity contribution is 8.14. The molecule has 0 N–H and O–H groups in total. The van der Waals surface area contributed by atoms with Crippen LogP contribution in [0, 0.1) is 0 Å². The van der Waals surface area contributed by atoms with Crippen molar-refractivity contribution in [1.82, 2.24) is 14.6 Å². The van der Waals surface area contributed by atoms with Crippen molar-refractivity contribution in [2.75, 3.05) is 0 Å². The Morgan fingerprint density at radius 2 is 2.00 bits per heavy atom. The molecule has 0 radical (unpaired) electrons. The van der Waals surface area contributed by atoms with Gasteiger partial charge in [-0.25, -0.2) is 0 Å². The molecule has 3 rings (SSSR count). The van der Waals surface area contributed by atoms with E-state index < -0.39 is 0 Å². The fourth-order valence-electron chi connectivity index (χ4n) is 1.68. The van der Waals surface area contributed by atoms with Crippen molar-refractivity contribution in [3.63, 3.8) is 0 Å². The summed E-state index contributed by atoms with van der Waals surface area (Å²) in [6.07, 6.45) is 1.80. The van der Waals surface area contributed by atoms with Gasteiger partial charge in [0.15, 0.2) is 5.65 Å². The third-order valence-electron chi connectivity index (χ3n) is 2.62. The molecule has 0 aliphatic carbocycles. The molecule has 100 valence electrons. The Bertz CT molecular complexity index is 803. The number of fused-ring (bicyclic) bond motifs is 1. The molecule has 0 unspecified atom stereocenters. The first-order valence-electron chi connectivity index (χ1n) is 5.62. The second kappa shape index (κ2) is 5.44. The van der Waals surface area contributed by atoms with Crippen molar-refractivity contribution in [1.29, 1.82) is 0 Å². The molecule has 2 aromatic heterocycles. The molecule has 0 aliphatic heterocycles. The first-order valence-corrected chi connectivity index (χ1v) is 7.19. The molecule has 0 fully saturated rings. The van der Waals surface area contributed by atoms with Gasteiger partial charge in [-0.2, -0.15) is 0 Å². The highest BCUT2D eigenvalue weighted by Crippen LogP contribution is 2.28. The number of aromatic nitrogens is 3. The second-order valence-corrected chi connectivity index (χ2v) is 5.71. The molecule has 0 bridgehead atoms. The van der Waals surface area contributed by atoms with Crippen LogP contribution in [0.15, 0.2) is 47.8 Å². The van der Waals surface area contributed by atoms with E-state index in [9.17, 15) is 4.79 Å². The maximum Gasteiger partial charge on any atom is 0.228 e. The number of carbonyl (C=O) groups excluding carboxylic acids is 1. The van der Waals surface area contributed by atoms with E-state index in [4.69, 9.17) is 23.2 Å². The second-order valence-electron chi connectivity index (χ2n) is 3.93. The summed E-state index contributed by atoms with van der Waals surface area (Å²) < 4.78 is 1.74. The Kier molecular flexibility index (Phi) is 3.65. The molecule has 4 nitrogen and oxygen atoms in total.